The lowest BCUT2D eigenvalue weighted by atomic mass is 10.1. The minimum Gasteiger partial charge on any atom is -0.466 e. The van der Waals surface area contributed by atoms with Crippen LogP contribution < -0.4 is 0 Å². The molecule has 0 bridgehead atoms. The van der Waals surface area contributed by atoms with Crippen molar-refractivity contribution in [1.82, 2.24) is 0 Å². The molecule has 0 aromatic rings. The molecule has 1 heterocycles. The number of carbonyl (C=O) groups is 2. The summed E-state index contributed by atoms with van der Waals surface area (Å²) >= 11 is 0. The molecule has 0 aromatic heterocycles. The molecule has 0 amide bonds. The minimum atomic E-state index is -0.0443. The number of carbonyl (C=O) groups excluding carboxylic acids is 2. The van der Waals surface area contributed by atoms with Gasteiger partial charge in [-0.2, -0.15) is 0 Å². The Kier molecular flexibility index (Phi) is 11.7. The van der Waals surface area contributed by atoms with E-state index in [1.807, 2.05) is 0 Å². The Labute approximate surface area is 134 Å². The van der Waals surface area contributed by atoms with E-state index in [2.05, 4.69) is 0 Å². The molecule has 0 radical (unpaired) electrons. The molecule has 0 unspecified atom stereocenters. The molecule has 0 saturated carbocycles. The second-order valence-electron chi connectivity index (χ2n) is 6.18. The molecule has 0 aromatic carbocycles. The lowest BCUT2D eigenvalue weighted by Gasteiger charge is -2.07. The maximum Gasteiger partial charge on any atom is 0.305 e. The van der Waals surface area contributed by atoms with Crippen molar-refractivity contribution >= 4 is 11.9 Å². The van der Waals surface area contributed by atoms with Gasteiger partial charge in [-0.25, -0.2) is 0 Å². The third-order valence-electron chi connectivity index (χ3n) is 4.08. The Bertz CT molecular complexity index is 271. The number of hydrogen-bond donors (Lipinski definition) is 0. The summed E-state index contributed by atoms with van der Waals surface area (Å²) in [5, 5.41) is 0. The number of esters is 2. The van der Waals surface area contributed by atoms with Gasteiger partial charge >= 0.3 is 11.9 Å². The predicted octanol–water partition coefficient (Wildman–Crippen LogP) is 4.55. The van der Waals surface area contributed by atoms with Gasteiger partial charge in [-0.3, -0.25) is 9.59 Å². The molecule has 1 aliphatic heterocycles. The third kappa shape index (κ3) is 11.6. The van der Waals surface area contributed by atoms with Crippen molar-refractivity contribution in [3.05, 3.63) is 0 Å². The molecule has 1 rings (SSSR count). The average Bonchev–Trinajstić information content (AvgIpc) is 2.50. The van der Waals surface area contributed by atoms with E-state index in [9.17, 15) is 9.59 Å². The summed E-state index contributed by atoms with van der Waals surface area (Å²) in [5.74, 6) is -0.0886. The molecule has 0 N–H and O–H groups in total. The first kappa shape index (κ1) is 19.0. The molecule has 22 heavy (non-hydrogen) atoms. The third-order valence-corrected chi connectivity index (χ3v) is 4.08. The standard InChI is InChI=1S/C18H32O4/c19-17-13-9-5-1-2-6-10-14-18(20)22-16-12-8-4-3-7-11-15-21-17/h1-16H2. The molecule has 0 spiro atoms. The van der Waals surface area contributed by atoms with Crippen molar-refractivity contribution in [2.75, 3.05) is 13.2 Å². The van der Waals surface area contributed by atoms with Crippen molar-refractivity contribution in [2.24, 2.45) is 0 Å². The van der Waals surface area contributed by atoms with Crippen molar-refractivity contribution in [3.8, 4) is 0 Å². The van der Waals surface area contributed by atoms with Gasteiger partial charge in [0, 0.05) is 12.8 Å². The van der Waals surface area contributed by atoms with Gasteiger partial charge in [-0.1, -0.05) is 51.4 Å². The lowest BCUT2D eigenvalue weighted by Crippen LogP contribution is -2.06. The Hall–Kier alpha value is -1.06. The number of rotatable bonds is 0. The van der Waals surface area contributed by atoms with Crippen molar-refractivity contribution in [3.63, 3.8) is 0 Å². The highest BCUT2D eigenvalue weighted by molar-refractivity contribution is 5.69. The molecule has 1 aliphatic rings. The van der Waals surface area contributed by atoms with Crippen LogP contribution in [0, 0.1) is 0 Å². The monoisotopic (exact) mass is 312 g/mol. The van der Waals surface area contributed by atoms with Gasteiger partial charge in [-0.05, 0) is 25.7 Å². The molecule has 4 nitrogen and oxygen atoms in total. The highest BCUT2D eigenvalue weighted by Crippen LogP contribution is 2.11. The van der Waals surface area contributed by atoms with E-state index >= 15 is 0 Å². The molecular weight excluding hydrogens is 280 g/mol. The van der Waals surface area contributed by atoms with E-state index in [1.54, 1.807) is 0 Å². The molecule has 0 atom stereocenters. The van der Waals surface area contributed by atoms with Crippen LogP contribution in [0.15, 0.2) is 0 Å². The van der Waals surface area contributed by atoms with E-state index in [0.29, 0.717) is 26.1 Å². The van der Waals surface area contributed by atoms with Crippen LogP contribution in [-0.2, 0) is 19.1 Å². The zero-order valence-electron chi connectivity index (χ0n) is 13.9. The number of cyclic esters (lactones) is 2. The van der Waals surface area contributed by atoms with Crippen LogP contribution in [0.1, 0.15) is 89.9 Å². The van der Waals surface area contributed by atoms with Gasteiger partial charge in [0.2, 0.25) is 0 Å². The summed E-state index contributed by atoms with van der Waals surface area (Å²) in [7, 11) is 0. The van der Waals surface area contributed by atoms with E-state index < -0.39 is 0 Å². The SMILES string of the molecule is O=C1CCCCCCCCC(=O)OCCCCCCCCO1. The van der Waals surface area contributed by atoms with Crippen LogP contribution in [0.4, 0.5) is 0 Å². The Morgan fingerprint density at radius 1 is 0.455 bits per heavy atom. The quantitative estimate of drug-likeness (QED) is 0.616. The van der Waals surface area contributed by atoms with Gasteiger partial charge in [0.25, 0.3) is 0 Å². The molecular formula is C18H32O4. The molecule has 0 aliphatic carbocycles. The zero-order chi connectivity index (χ0) is 15.9. The summed E-state index contributed by atoms with van der Waals surface area (Å²) in [4.78, 5) is 23.0. The summed E-state index contributed by atoms with van der Waals surface area (Å²) in [6.45, 7) is 1.13. The van der Waals surface area contributed by atoms with Crippen LogP contribution in [0.25, 0.3) is 0 Å². The van der Waals surface area contributed by atoms with Gasteiger partial charge in [0.05, 0.1) is 13.2 Å². The Morgan fingerprint density at radius 3 is 1.18 bits per heavy atom. The Balaban J connectivity index is 2.17. The fourth-order valence-electron chi connectivity index (χ4n) is 2.67. The van der Waals surface area contributed by atoms with E-state index in [1.165, 1.54) is 0 Å². The summed E-state index contributed by atoms with van der Waals surface area (Å²) in [5.41, 5.74) is 0. The van der Waals surface area contributed by atoms with Gasteiger partial charge in [0.15, 0.2) is 0 Å². The first-order valence-electron chi connectivity index (χ1n) is 9.10. The van der Waals surface area contributed by atoms with Crippen LogP contribution in [0.5, 0.6) is 0 Å². The highest BCUT2D eigenvalue weighted by atomic mass is 16.5. The maximum absolute atomic E-state index is 11.5. The molecule has 4 heteroatoms. The largest absolute Gasteiger partial charge is 0.466 e. The fourth-order valence-corrected chi connectivity index (χ4v) is 2.67. The van der Waals surface area contributed by atoms with E-state index in [4.69, 9.17) is 9.47 Å². The summed E-state index contributed by atoms with van der Waals surface area (Å²) in [6, 6.07) is 0. The van der Waals surface area contributed by atoms with Gasteiger partial charge in [-0.15, -0.1) is 0 Å². The topological polar surface area (TPSA) is 52.6 Å². The first-order chi connectivity index (χ1) is 10.8. The smallest absolute Gasteiger partial charge is 0.305 e. The van der Waals surface area contributed by atoms with Crippen LogP contribution in [0.3, 0.4) is 0 Å². The fraction of sp³-hybridized carbons (Fsp3) is 0.889. The maximum atomic E-state index is 11.5. The first-order valence-corrected chi connectivity index (χ1v) is 9.10. The van der Waals surface area contributed by atoms with E-state index in [-0.39, 0.29) is 11.9 Å². The molecule has 128 valence electrons. The lowest BCUT2D eigenvalue weighted by molar-refractivity contribution is -0.145. The molecule has 1 saturated heterocycles. The number of ether oxygens (including phenoxy) is 2. The van der Waals surface area contributed by atoms with Crippen LogP contribution in [0.2, 0.25) is 0 Å². The van der Waals surface area contributed by atoms with Crippen LogP contribution >= 0.6 is 0 Å². The summed E-state index contributed by atoms with van der Waals surface area (Å²) in [6.07, 6.45) is 13.8. The van der Waals surface area contributed by atoms with Crippen LogP contribution in [-0.4, -0.2) is 25.2 Å². The van der Waals surface area contributed by atoms with Gasteiger partial charge < -0.3 is 9.47 Å². The van der Waals surface area contributed by atoms with E-state index in [0.717, 1.165) is 77.0 Å². The van der Waals surface area contributed by atoms with Crippen molar-refractivity contribution < 1.29 is 19.1 Å². The minimum absolute atomic E-state index is 0.0443. The van der Waals surface area contributed by atoms with Crippen molar-refractivity contribution in [2.45, 2.75) is 89.9 Å². The van der Waals surface area contributed by atoms with Gasteiger partial charge in [0.1, 0.15) is 0 Å². The Morgan fingerprint density at radius 2 is 0.773 bits per heavy atom. The zero-order valence-corrected chi connectivity index (χ0v) is 13.9. The second kappa shape index (κ2) is 13.6. The number of hydrogen-bond acceptors (Lipinski definition) is 4. The highest BCUT2D eigenvalue weighted by Gasteiger charge is 2.04. The normalized spacial score (nSPS) is 22.4. The average molecular weight is 312 g/mol. The second-order valence-corrected chi connectivity index (χ2v) is 6.18. The summed E-state index contributed by atoms with van der Waals surface area (Å²) < 4.78 is 10.5. The van der Waals surface area contributed by atoms with Crippen molar-refractivity contribution in [1.29, 1.82) is 0 Å². The predicted molar refractivity (Wildman–Crippen MR) is 86.6 cm³/mol. The molecule has 1 fully saturated rings.